The summed E-state index contributed by atoms with van der Waals surface area (Å²) < 4.78 is 28.8. The van der Waals surface area contributed by atoms with Crippen molar-refractivity contribution < 1.29 is 13.6 Å². The number of hydrogen-bond donors (Lipinski definition) is 0. The lowest BCUT2D eigenvalue weighted by atomic mass is 9.89. The number of alkyl halides is 2. The van der Waals surface area contributed by atoms with Gasteiger partial charge in [0.1, 0.15) is 0 Å². The lowest BCUT2D eigenvalue weighted by Crippen LogP contribution is -2.47. The normalized spacial score (nSPS) is 18.2. The molecule has 1 amide bonds. The number of halogens is 2. The lowest BCUT2D eigenvalue weighted by molar-refractivity contribution is -0.143. The van der Waals surface area contributed by atoms with Crippen LogP contribution in [-0.2, 0) is 4.79 Å². The summed E-state index contributed by atoms with van der Waals surface area (Å²) in [6, 6.07) is 0. The van der Waals surface area contributed by atoms with E-state index < -0.39 is 18.4 Å². The molecule has 1 aliphatic heterocycles. The fourth-order valence-electron chi connectivity index (χ4n) is 2.98. The quantitative estimate of drug-likeness (QED) is 0.717. The van der Waals surface area contributed by atoms with Crippen LogP contribution in [0.4, 0.5) is 8.78 Å². The molecule has 1 heterocycles. The highest BCUT2D eigenvalue weighted by Gasteiger charge is 2.42. The molecule has 0 aromatic carbocycles. The second-order valence-corrected chi connectivity index (χ2v) is 7.41. The Morgan fingerprint density at radius 1 is 1.23 bits per heavy atom. The van der Waals surface area contributed by atoms with Crippen molar-refractivity contribution in [1.29, 1.82) is 0 Å². The largest absolute Gasteiger partial charge is 0.339 e. The van der Waals surface area contributed by atoms with E-state index in [1.54, 1.807) is 13.8 Å². The third kappa shape index (κ3) is 5.82. The second-order valence-electron chi connectivity index (χ2n) is 7.41. The van der Waals surface area contributed by atoms with Gasteiger partial charge in [0.05, 0.1) is 6.54 Å². The van der Waals surface area contributed by atoms with Crippen molar-refractivity contribution in [3.63, 3.8) is 0 Å². The van der Waals surface area contributed by atoms with Crippen molar-refractivity contribution >= 4 is 5.91 Å². The molecule has 3 nitrogen and oxygen atoms in total. The van der Waals surface area contributed by atoms with Crippen molar-refractivity contribution in [3.05, 3.63) is 0 Å². The number of carbonyl (C=O) groups excluding carboxylic acids is 1. The van der Waals surface area contributed by atoms with Gasteiger partial charge in [-0.1, -0.05) is 27.7 Å². The summed E-state index contributed by atoms with van der Waals surface area (Å²) in [6.45, 7) is 9.88. The molecule has 0 aliphatic carbocycles. The fraction of sp³-hybridized carbons (Fsp3) is 0.941. The van der Waals surface area contributed by atoms with Gasteiger partial charge in [-0.25, -0.2) is 8.78 Å². The van der Waals surface area contributed by atoms with Gasteiger partial charge in [0.15, 0.2) is 0 Å². The molecule has 1 rings (SSSR count). The molecule has 0 N–H and O–H groups in total. The maximum absolute atomic E-state index is 14.4. The molecule has 0 saturated carbocycles. The zero-order valence-electron chi connectivity index (χ0n) is 14.7. The zero-order valence-corrected chi connectivity index (χ0v) is 14.7. The number of likely N-dealkylation sites (tertiary alicyclic amines) is 1. The lowest BCUT2D eigenvalue weighted by Gasteiger charge is -2.37. The van der Waals surface area contributed by atoms with E-state index in [1.807, 2.05) is 0 Å². The standard InChI is InChI=1S/C17H32F2N2O/c1-13(2)6-9-21-10-7-15(8-11-21)17(18,19)12-20(5)16(22)14(3)4/h13-15H,6-12H2,1-5H3. The third-order valence-corrected chi connectivity index (χ3v) is 4.53. The molecule has 0 aromatic heterocycles. The number of amides is 1. The van der Waals surface area contributed by atoms with Crippen molar-refractivity contribution in [1.82, 2.24) is 9.80 Å². The van der Waals surface area contributed by atoms with Crippen LogP contribution in [0.3, 0.4) is 0 Å². The number of hydrogen-bond acceptors (Lipinski definition) is 2. The first-order valence-corrected chi connectivity index (χ1v) is 8.48. The molecule has 0 bridgehead atoms. The van der Waals surface area contributed by atoms with Crippen LogP contribution in [0, 0.1) is 17.8 Å². The minimum Gasteiger partial charge on any atom is -0.339 e. The number of piperidine rings is 1. The first kappa shape index (κ1) is 19.3. The van der Waals surface area contributed by atoms with Crippen LogP contribution in [0.1, 0.15) is 47.0 Å². The molecule has 0 radical (unpaired) electrons. The van der Waals surface area contributed by atoms with Crippen LogP contribution in [-0.4, -0.2) is 54.9 Å². The number of carbonyl (C=O) groups is 1. The SMILES string of the molecule is CC(C)CCN1CCC(C(F)(F)CN(C)C(=O)C(C)C)CC1. The van der Waals surface area contributed by atoms with Crippen molar-refractivity contribution in [2.45, 2.75) is 52.9 Å². The van der Waals surface area contributed by atoms with E-state index in [1.165, 1.54) is 11.9 Å². The van der Waals surface area contributed by atoms with Crippen LogP contribution in [0.25, 0.3) is 0 Å². The monoisotopic (exact) mass is 318 g/mol. The Kier molecular flexibility index (Phi) is 7.23. The first-order chi connectivity index (χ1) is 10.1. The highest BCUT2D eigenvalue weighted by Crippen LogP contribution is 2.34. The Labute approximate surface area is 134 Å². The van der Waals surface area contributed by atoms with Crippen molar-refractivity contribution in [2.75, 3.05) is 33.2 Å². The van der Waals surface area contributed by atoms with E-state index in [-0.39, 0.29) is 11.8 Å². The Hall–Kier alpha value is -0.710. The molecule has 130 valence electrons. The molecule has 1 saturated heterocycles. The maximum Gasteiger partial charge on any atom is 0.268 e. The molecular weight excluding hydrogens is 286 g/mol. The molecule has 1 aliphatic rings. The molecule has 1 fully saturated rings. The predicted octanol–water partition coefficient (Wildman–Crippen LogP) is 3.49. The van der Waals surface area contributed by atoms with E-state index in [0.717, 1.165) is 26.1 Å². The molecule has 22 heavy (non-hydrogen) atoms. The van der Waals surface area contributed by atoms with Gasteiger partial charge in [-0.2, -0.15) is 0 Å². The van der Waals surface area contributed by atoms with E-state index in [4.69, 9.17) is 0 Å². The fourth-order valence-corrected chi connectivity index (χ4v) is 2.98. The minimum absolute atomic E-state index is 0.214. The first-order valence-electron chi connectivity index (χ1n) is 8.48. The topological polar surface area (TPSA) is 23.6 Å². The Bertz CT molecular complexity index is 351. The van der Waals surface area contributed by atoms with Crippen LogP contribution in [0.5, 0.6) is 0 Å². The Balaban J connectivity index is 2.46. The summed E-state index contributed by atoms with van der Waals surface area (Å²) in [5.74, 6) is -3.20. The van der Waals surface area contributed by atoms with Crippen LogP contribution in [0.2, 0.25) is 0 Å². The van der Waals surface area contributed by atoms with Crippen LogP contribution >= 0.6 is 0 Å². The summed E-state index contributed by atoms with van der Waals surface area (Å²) in [5.41, 5.74) is 0. The second kappa shape index (κ2) is 8.23. The summed E-state index contributed by atoms with van der Waals surface area (Å²) in [6.07, 6.45) is 2.16. The van der Waals surface area contributed by atoms with Gasteiger partial charge in [-0.15, -0.1) is 0 Å². The van der Waals surface area contributed by atoms with Crippen molar-refractivity contribution in [2.24, 2.45) is 17.8 Å². The van der Waals surface area contributed by atoms with Gasteiger partial charge in [-0.05, 0) is 44.8 Å². The molecule has 0 spiro atoms. The highest BCUT2D eigenvalue weighted by atomic mass is 19.3. The third-order valence-electron chi connectivity index (χ3n) is 4.53. The molecule has 5 heteroatoms. The molecule has 0 atom stereocenters. The smallest absolute Gasteiger partial charge is 0.268 e. The van der Waals surface area contributed by atoms with Gasteiger partial charge >= 0.3 is 0 Å². The maximum atomic E-state index is 14.4. The van der Waals surface area contributed by atoms with Crippen molar-refractivity contribution in [3.8, 4) is 0 Å². The van der Waals surface area contributed by atoms with E-state index in [0.29, 0.717) is 18.8 Å². The van der Waals surface area contributed by atoms with E-state index in [2.05, 4.69) is 18.7 Å². The summed E-state index contributed by atoms with van der Waals surface area (Å²) in [5, 5.41) is 0. The summed E-state index contributed by atoms with van der Waals surface area (Å²) in [7, 11) is 1.48. The van der Waals surface area contributed by atoms with E-state index >= 15 is 0 Å². The molecule has 0 unspecified atom stereocenters. The van der Waals surface area contributed by atoms with Gasteiger partial charge in [-0.3, -0.25) is 4.79 Å². The van der Waals surface area contributed by atoms with Gasteiger partial charge in [0, 0.05) is 18.9 Å². The molecule has 0 aromatic rings. The Morgan fingerprint density at radius 2 is 1.77 bits per heavy atom. The number of nitrogens with zero attached hydrogens (tertiary/aromatic N) is 2. The van der Waals surface area contributed by atoms with Crippen LogP contribution < -0.4 is 0 Å². The van der Waals surface area contributed by atoms with Gasteiger partial charge < -0.3 is 9.80 Å². The van der Waals surface area contributed by atoms with Gasteiger partial charge in [0.2, 0.25) is 5.91 Å². The minimum atomic E-state index is -2.79. The average molecular weight is 318 g/mol. The number of rotatable bonds is 7. The van der Waals surface area contributed by atoms with Crippen LogP contribution in [0.15, 0.2) is 0 Å². The predicted molar refractivity (Wildman–Crippen MR) is 86.0 cm³/mol. The summed E-state index contributed by atoms with van der Waals surface area (Å²) >= 11 is 0. The summed E-state index contributed by atoms with van der Waals surface area (Å²) in [4.78, 5) is 15.3. The van der Waals surface area contributed by atoms with Gasteiger partial charge in [0.25, 0.3) is 5.92 Å². The zero-order chi connectivity index (χ0) is 16.9. The average Bonchev–Trinajstić information content (AvgIpc) is 2.44. The highest BCUT2D eigenvalue weighted by molar-refractivity contribution is 5.77. The Morgan fingerprint density at radius 3 is 2.23 bits per heavy atom. The van der Waals surface area contributed by atoms with E-state index in [9.17, 15) is 13.6 Å². The molecular formula is C17H32F2N2O.